The molecule has 7 heteroatoms. The van der Waals surface area contributed by atoms with E-state index in [1.54, 1.807) is 12.1 Å². The predicted octanol–water partition coefficient (Wildman–Crippen LogP) is 0.712. The topological polar surface area (TPSA) is 83.6 Å². The maximum absolute atomic E-state index is 12.6. The smallest absolute Gasteiger partial charge is 0.243 e. The van der Waals surface area contributed by atoms with Gasteiger partial charge >= 0.3 is 0 Å². The van der Waals surface area contributed by atoms with Gasteiger partial charge in [-0.05, 0) is 24.5 Å². The standard InChI is InChI=1S/C13H18N2O3S2/c1-9-6-7-15(12(9)8-16)20(17,18)11-4-2-10(3-5-11)13(14)19/h2-5,9,12,16H,6-8H2,1H3,(H2,14,19). The molecule has 110 valence electrons. The zero-order chi connectivity index (χ0) is 14.9. The lowest BCUT2D eigenvalue weighted by Gasteiger charge is -2.24. The summed E-state index contributed by atoms with van der Waals surface area (Å²) >= 11 is 4.84. The molecule has 2 unspecified atom stereocenters. The van der Waals surface area contributed by atoms with E-state index >= 15 is 0 Å². The van der Waals surface area contributed by atoms with Crippen LogP contribution in [0.4, 0.5) is 0 Å². The third-order valence-corrected chi connectivity index (χ3v) is 5.94. The molecule has 1 heterocycles. The molecule has 0 aromatic heterocycles. The van der Waals surface area contributed by atoms with Crippen LogP contribution in [-0.4, -0.2) is 42.0 Å². The molecule has 5 nitrogen and oxygen atoms in total. The molecule has 1 aromatic rings. The maximum Gasteiger partial charge on any atom is 0.243 e. The first-order valence-corrected chi connectivity index (χ1v) is 8.25. The largest absolute Gasteiger partial charge is 0.395 e. The van der Waals surface area contributed by atoms with Crippen LogP contribution in [0.3, 0.4) is 0 Å². The van der Waals surface area contributed by atoms with Gasteiger partial charge in [0.2, 0.25) is 10.0 Å². The third-order valence-electron chi connectivity index (χ3n) is 3.76. The van der Waals surface area contributed by atoms with E-state index in [0.717, 1.165) is 6.42 Å². The Bertz CT molecular complexity index is 599. The van der Waals surface area contributed by atoms with Crippen LogP contribution in [0, 0.1) is 5.92 Å². The summed E-state index contributed by atoms with van der Waals surface area (Å²) in [6, 6.07) is 5.85. The lowest BCUT2D eigenvalue weighted by atomic mass is 10.0. The van der Waals surface area contributed by atoms with Crippen molar-refractivity contribution in [2.45, 2.75) is 24.3 Å². The van der Waals surface area contributed by atoms with E-state index in [1.807, 2.05) is 6.92 Å². The Labute approximate surface area is 124 Å². The van der Waals surface area contributed by atoms with Gasteiger partial charge in [0, 0.05) is 12.1 Å². The number of aliphatic hydroxyl groups is 1. The second kappa shape index (κ2) is 5.77. The molecule has 0 bridgehead atoms. The van der Waals surface area contributed by atoms with Crippen molar-refractivity contribution in [2.24, 2.45) is 11.7 Å². The fraction of sp³-hybridized carbons (Fsp3) is 0.462. The van der Waals surface area contributed by atoms with E-state index in [-0.39, 0.29) is 28.5 Å². The minimum absolute atomic E-state index is 0.158. The number of hydrogen-bond acceptors (Lipinski definition) is 4. The van der Waals surface area contributed by atoms with Crippen molar-refractivity contribution < 1.29 is 13.5 Å². The molecule has 2 rings (SSSR count). The van der Waals surface area contributed by atoms with E-state index in [2.05, 4.69) is 0 Å². The second-order valence-corrected chi connectivity index (χ2v) is 7.35. The summed E-state index contributed by atoms with van der Waals surface area (Å²) in [7, 11) is -3.59. The van der Waals surface area contributed by atoms with Gasteiger partial charge in [-0.25, -0.2) is 8.42 Å². The van der Waals surface area contributed by atoms with Crippen molar-refractivity contribution in [3.63, 3.8) is 0 Å². The minimum atomic E-state index is -3.59. The third kappa shape index (κ3) is 2.71. The van der Waals surface area contributed by atoms with Crippen LogP contribution in [0.25, 0.3) is 0 Å². The zero-order valence-electron chi connectivity index (χ0n) is 11.2. The molecule has 20 heavy (non-hydrogen) atoms. The molecule has 1 aromatic carbocycles. The highest BCUT2D eigenvalue weighted by Crippen LogP contribution is 2.29. The minimum Gasteiger partial charge on any atom is -0.395 e. The van der Waals surface area contributed by atoms with Crippen LogP contribution in [0.2, 0.25) is 0 Å². The number of rotatable bonds is 4. The van der Waals surface area contributed by atoms with Crippen LogP contribution in [0.15, 0.2) is 29.2 Å². The summed E-state index contributed by atoms with van der Waals surface area (Å²) in [5.41, 5.74) is 6.13. The fourth-order valence-corrected chi connectivity index (χ4v) is 4.33. The molecule has 1 saturated heterocycles. The van der Waals surface area contributed by atoms with Crippen LogP contribution in [-0.2, 0) is 10.0 Å². The SMILES string of the molecule is CC1CCN(S(=O)(=O)c2ccc(C(N)=S)cc2)C1CO. The van der Waals surface area contributed by atoms with Gasteiger partial charge in [0.15, 0.2) is 0 Å². The van der Waals surface area contributed by atoms with Gasteiger partial charge in [0.25, 0.3) is 0 Å². The van der Waals surface area contributed by atoms with Crippen molar-refractivity contribution in [1.82, 2.24) is 4.31 Å². The summed E-state index contributed by atoms with van der Waals surface area (Å²) in [6.45, 7) is 2.23. The molecule has 0 amide bonds. The first kappa shape index (κ1) is 15.4. The van der Waals surface area contributed by atoms with Gasteiger partial charge in [0.1, 0.15) is 4.99 Å². The van der Waals surface area contributed by atoms with E-state index in [9.17, 15) is 13.5 Å². The second-order valence-electron chi connectivity index (χ2n) is 5.02. The Morgan fingerprint density at radius 1 is 1.45 bits per heavy atom. The number of aliphatic hydroxyl groups excluding tert-OH is 1. The molecule has 0 radical (unpaired) electrons. The van der Waals surface area contributed by atoms with E-state index in [4.69, 9.17) is 18.0 Å². The molecule has 2 atom stereocenters. The van der Waals surface area contributed by atoms with Crippen molar-refractivity contribution in [2.75, 3.05) is 13.2 Å². The number of nitrogens with two attached hydrogens (primary N) is 1. The van der Waals surface area contributed by atoms with Crippen molar-refractivity contribution >= 4 is 27.2 Å². The predicted molar refractivity (Wildman–Crippen MR) is 80.9 cm³/mol. The lowest BCUT2D eigenvalue weighted by Crippen LogP contribution is -2.39. The Kier molecular flexibility index (Phi) is 4.43. The first-order chi connectivity index (χ1) is 9.37. The lowest BCUT2D eigenvalue weighted by molar-refractivity contribution is 0.191. The molecule has 3 N–H and O–H groups in total. The highest BCUT2D eigenvalue weighted by molar-refractivity contribution is 7.89. The number of hydrogen-bond donors (Lipinski definition) is 2. The maximum atomic E-state index is 12.6. The Balaban J connectivity index is 2.33. The number of thiocarbonyl (C=S) groups is 1. The van der Waals surface area contributed by atoms with Gasteiger partial charge in [-0.3, -0.25) is 0 Å². The molecular formula is C13H18N2O3S2. The zero-order valence-corrected chi connectivity index (χ0v) is 12.8. The number of benzene rings is 1. The quantitative estimate of drug-likeness (QED) is 0.800. The Morgan fingerprint density at radius 2 is 2.05 bits per heavy atom. The van der Waals surface area contributed by atoms with Crippen LogP contribution in [0.5, 0.6) is 0 Å². The molecular weight excluding hydrogens is 296 g/mol. The van der Waals surface area contributed by atoms with E-state index < -0.39 is 10.0 Å². The summed E-state index contributed by atoms with van der Waals surface area (Å²) in [5, 5.41) is 9.39. The van der Waals surface area contributed by atoms with Crippen LogP contribution in [0.1, 0.15) is 18.9 Å². The average Bonchev–Trinajstić information content (AvgIpc) is 2.80. The molecule has 0 spiro atoms. The normalized spacial score (nSPS) is 23.9. The number of nitrogens with zero attached hydrogens (tertiary/aromatic N) is 1. The van der Waals surface area contributed by atoms with Gasteiger partial charge in [-0.2, -0.15) is 4.31 Å². The average molecular weight is 314 g/mol. The van der Waals surface area contributed by atoms with Gasteiger partial charge in [-0.15, -0.1) is 0 Å². The van der Waals surface area contributed by atoms with Crippen molar-refractivity contribution in [3.8, 4) is 0 Å². The van der Waals surface area contributed by atoms with E-state index in [1.165, 1.54) is 16.4 Å². The van der Waals surface area contributed by atoms with Gasteiger partial charge in [0.05, 0.1) is 17.5 Å². The van der Waals surface area contributed by atoms with Crippen molar-refractivity contribution in [3.05, 3.63) is 29.8 Å². The molecule has 1 aliphatic heterocycles. The highest BCUT2D eigenvalue weighted by atomic mass is 32.2. The fourth-order valence-electron chi connectivity index (χ4n) is 2.47. The van der Waals surface area contributed by atoms with Gasteiger partial charge in [-0.1, -0.05) is 31.3 Å². The summed E-state index contributed by atoms with van der Waals surface area (Å²) < 4.78 is 26.5. The first-order valence-electron chi connectivity index (χ1n) is 6.40. The van der Waals surface area contributed by atoms with Crippen LogP contribution >= 0.6 is 12.2 Å². The van der Waals surface area contributed by atoms with Crippen LogP contribution < -0.4 is 5.73 Å². The summed E-state index contributed by atoms with van der Waals surface area (Å²) in [5.74, 6) is 0.158. The molecule has 1 fully saturated rings. The van der Waals surface area contributed by atoms with Crippen molar-refractivity contribution in [1.29, 1.82) is 0 Å². The number of sulfonamides is 1. The Hall–Kier alpha value is -1.02. The van der Waals surface area contributed by atoms with Gasteiger partial charge < -0.3 is 10.8 Å². The molecule has 0 saturated carbocycles. The Morgan fingerprint density at radius 3 is 2.55 bits per heavy atom. The summed E-state index contributed by atoms with van der Waals surface area (Å²) in [4.78, 5) is 0.432. The molecule has 1 aliphatic rings. The van der Waals surface area contributed by atoms with E-state index in [0.29, 0.717) is 12.1 Å². The monoisotopic (exact) mass is 314 g/mol. The highest BCUT2D eigenvalue weighted by Gasteiger charge is 2.39. The summed E-state index contributed by atoms with van der Waals surface area (Å²) in [6.07, 6.45) is 0.759. The molecule has 0 aliphatic carbocycles.